The average Bonchev–Trinajstić information content (AvgIpc) is 2.34. The van der Waals surface area contributed by atoms with Gasteiger partial charge in [-0.3, -0.25) is 4.79 Å². The molecule has 0 aliphatic rings. The van der Waals surface area contributed by atoms with Crippen LogP contribution in [0, 0.1) is 19.7 Å². The Morgan fingerprint density at radius 3 is 2.63 bits per heavy atom. The molecule has 0 saturated heterocycles. The molecule has 3 N–H and O–H groups in total. The first-order chi connectivity index (χ1) is 8.99. The van der Waals surface area contributed by atoms with E-state index in [1.807, 2.05) is 32.0 Å². The van der Waals surface area contributed by atoms with E-state index in [-0.39, 0.29) is 17.2 Å². The number of amides is 1. The lowest BCUT2D eigenvalue weighted by atomic mass is 10.1. The Morgan fingerprint density at radius 2 is 1.95 bits per heavy atom. The molecule has 0 aliphatic heterocycles. The van der Waals surface area contributed by atoms with Crippen LogP contribution < -0.4 is 11.1 Å². The molecule has 2 rings (SSSR count). The van der Waals surface area contributed by atoms with Crippen LogP contribution in [0.4, 0.5) is 15.8 Å². The normalized spacial score (nSPS) is 10.3. The molecule has 0 fully saturated rings. The maximum Gasteiger partial charge on any atom is 0.257 e. The van der Waals surface area contributed by atoms with Crippen molar-refractivity contribution in [1.82, 2.24) is 0 Å². The first-order valence-corrected chi connectivity index (χ1v) is 5.91. The van der Waals surface area contributed by atoms with E-state index < -0.39 is 5.82 Å². The van der Waals surface area contributed by atoms with Gasteiger partial charge in [-0.05, 0) is 49.2 Å². The van der Waals surface area contributed by atoms with Gasteiger partial charge in [0, 0.05) is 11.4 Å². The van der Waals surface area contributed by atoms with Crippen molar-refractivity contribution in [3.8, 4) is 0 Å². The van der Waals surface area contributed by atoms with Crippen LogP contribution >= 0.6 is 0 Å². The Balaban J connectivity index is 2.28. The monoisotopic (exact) mass is 258 g/mol. The third kappa shape index (κ3) is 2.73. The van der Waals surface area contributed by atoms with Gasteiger partial charge >= 0.3 is 0 Å². The van der Waals surface area contributed by atoms with E-state index in [1.54, 1.807) is 0 Å². The number of carbonyl (C=O) groups excluding carboxylic acids is 1. The lowest BCUT2D eigenvalue weighted by Gasteiger charge is -2.11. The fourth-order valence-corrected chi connectivity index (χ4v) is 1.82. The van der Waals surface area contributed by atoms with Crippen LogP contribution in [0.15, 0.2) is 36.4 Å². The first-order valence-electron chi connectivity index (χ1n) is 5.91. The number of rotatable bonds is 2. The molecule has 0 unspecified atom stereocenters. The van der Waals surface area contributed by atoms with Crippen molar-refractivity contribution >= 4 is 17.3 Å². The van der Waals surface area contributed by atoms with Crippen LogP contribution in [0.3, 0.4) is 0 Å². The van der Waals surface area contributed by atoms with E-state index in [0.717, 1.165) is 22.9 Å². The number of benzene rings is 2. The molecular formula is C15H15FN2O. The number of anilines is 2. The van der Waals surface area contributed by atoms with Crippen LogP contribution in [-0.2, 0) is 0 Å². The molecule has 0 heterocycles. The predicted octanol–water partition coefficient (Wildman–Crippen LogP) is 3.28. The molecule has 0 spiro atoms. The van der Waals surface area contributed by atoms with E-state index in [4.69, 9.17) is 5.73 Å². The summed E-state index contributed by atoms with van der Waals surface area (Å²) in [5.74, 6) is -0.799. The standard InChI is InChI=1S/C15H15FN2O/c1-9-4-3-5-14(10(9)2)18-15(19)12-7-6-11(16)8-13(12)17/h3-8H,17H2,1-2H3,(H,18,19). The highest BCUT2D eigenvalue weighted by Gasteiger charge is 2.12. The molecule has 0 aliphatic carbocycles. The summed E-state index contributed by atoms with van der Waals surface area (Å²) in [5, 5.41) is 2.79. The second-order valence-corrected chi connectivity index (χ2v) is 4.43. The van der Waals surface area contributed by atoms with Gasteiger partial charge in [0.25, 0.3) is 5.91 Å². The summed E-state index contributed by atoms with van der Waals surface area (Å²) in [4.78, 5) is 12.1. The highest BCUT2D eigenvalue weighted by molar-refractivity contribution is 6.08. The molecule has 4 heteroatoms. The lowest BCUT2D eigenvalue weighted by Crippen LogP contribution is -2.15. The number of nitrogen functional groups attached to an aromatic ring is 1. The number of nitrogens with two attached hydrogens (primary N) is 1. The number of nitrogens with one attached hydrogen (secondary N) is 1. The van der Waals surface area contributed by atoms with Crippen LogP contribution in [-0.4, -0.2) is 5.91 Å². The molecule has 3 nitrogen and oxygen atoms in total. The van der Waals surface area contributed by atoms with Crippen LogP contribution in [0.5, 0.6) is 0 Å². The SMILES string of the molecule is Cc1cccc(NC(=O)c2ccc(F)cc2N)c1C. The summed E-state index contributed by atoms with van der Waals surface area (Å²) < 4.78 is 12.9. The third-order valence-corrected chi connectivity index (χ3v) is 3.11. The predicted molar refractivity (Wildman–Crippen MR) is 74.7 cm³/mol. The highest BCUT2D eigenvalue weighted by atomic mass is 19.1. The Kier molecular flexibility index (Phi) is 3.51. The van der Waals surface area contributed by atoms with E-state index in [9.17, 15) is 9.18 Å². The van der Waals surface area contributed by atoms with Crippen molar-refractivity contribution in [1.29, 1.82) is 0 Å². The summed E-state index contributed by atoms with van der Waals surface area (Å²) in [6, 6.07) is 9.39. The summed E-state index contributed by atoms with van der Waals surface area (Å²) in [6.45, 7) is 3.90. The zero-order valence-electron chi connectivity index (χ0n) is 10.8. The molecule has 0 radical (unpaired) electrons. The molecule has 98 valence electrons. The van der Waals surface area contributed by atoms with Crippen molar-refractivity contribution in [3.05, 3.63) is 58.9 Å². The first kappa shape index (κ1) is 13.1. The topological polar surface area (TPSA) is 55.1 Å². The Morgan fingerprint density at radius 1 is 1.21 bits per heavy atom. The van der Waals surface area contributed by atoms with Crippen LogP contribution in [0.1, 0.15) is 21.5 Å². The minimum absolute atomic E-state index is 0.128. The quantitative estimate of drug-likeness (QED) is 0.812. The second-order valence-electron chi connectivity index (χ2n) is 4.43. The molecule has 0 saturated carbocycles. The maximum absolute atomic E-state index is 12.9. The second kappa shape index (κ2) is 5.10. The molecular weight excluding hydrogens is 243 g/mol. The number of hydrogen-bond donors (Lipinski definition) is 2. The van der Waals surface area contributed by atoms with Gasteiger partial charge in [-0.1, -0.05) is 12.1 Å². The minimum Gasteiger partial charge on any atom is -0.398 e. The van der Waals surface area contributed by atoms with Crippen molar-refractivity contribution in [2.75, 3.05) is 11.1 Å². The van der Waals surface area contributed by atoms with Gasteiger partial charge in [-0.2, -0.15) is 0 Å². The van der Waals surface area contributed by atoms with E-state index in [1.165, 1.54) is 12.1 Å². The lowest BCUT2D eigenvalue weighted by molar-refractivity contribution is 0.102. The Hall–Kier alpha value is -2.36. The molecule has 19 heavy (non-hydrogen) atoms. The van der Waals surface area contributed by atoms with E-state index in [0.29, 0.717) is 0 Å². The molecule has 0 bridgehead atoms. The van der Waals surface area contributed by atoms with Gasteiger partial charge in [0.05, 0.1) is 5.56 Å². The van der Waals surface area contributed by atoms with E-state index >= 15 is 0 Å². The maximum atomic E-state index is 12.9. The van der Waals surface area contributed by atoms with Crippen molar-refractivity contribution < 1.29 is 9.18 Å². The summed E-state index contributed by atoms with van der Waals surface area (Å²) in [5.41, 5.74) is 8.85. The third-order valence-electron chi connectivity index (χ3n) is 3.11. The van der Waals surface area contributed by atoms with Gasteiger partial charge in [-0.15, -0.1) is 0 Å². The van der Waals surface area contributed by atoms with Gasteiger partial charge in [0.1, 0.15) is 5.82 Å². The number of carbonyl (C=O) groups is 1. The Bertz CT molecular complexity index is 638. The number of aryl methyl sites for hydroxylation is 1. The van der Waals surface area contributed by atoms with E-state index in [2.05, 4.69) is 5.32 Å². The largest absolute Gasteiger partial charge is 0.398 e. The van der Waals surface area contributed by atoms with Gasteiger partial charge in [-0.25, -0.2) is 4.39 Å². The van der Waals surface area contributed by atoms with Gasteiger partial charge in [0.15, 0.2) is 0 Å². The summed E-state index contributed by atoms with van der Waals surface area (Å²) in [6.07, 6.45) is 0. The average molecular weight is 258 g/mol. The smallest absolute Gasteiger partial charge is 0.257 e. The van der Waals surface area contributed by atoms with Crippen molar-refractivity contribution in [2.45, 2.75) is 13.8 Å². The molecule has 0 atom stereocenters. The minimum atomic E-state index is -0.458. The molecule has 2 aromatic rings. The zero-order valence-corrected chi connectivity index (χ0v) is 10.8. The molecule has 0 aromatic heterocycles. The number of hydrogen-bond acceptors (Lipinski definition) is 2. The summed E-state index contributed by atoms with van der Waals surface area (Å²) in [7, 11) is 0. The van der Waals surface area contributed by atoms with Crippen LogP contribution in [0.25, 0.3) is 0 Å². The molecule has 1 amide bonds. The fraction of sp³-hybridized carbons (Fsp3) is 0.133. The zero-order chi connectivity index (χ0) is 14.0. The van der Waals surface area contributed by atoms with Crippen molar-refractivity contribution in [3.63, 3.8) is 0 Å². The Labute approximate surface area is 111 Å². The number of halogens is 1. The van der Waals surface area contributed by atoms with Crippen LogP contribution in [0.2, 0.25) is 0 Å². The molecule has 2 aromatic carbocycles. The van der Waals surface area contributed by atoms with Gasteiger partial charge in [0.2, 0.25) is 0 Å². The fourth-order valence-electron chi connectivity index (χ4n) is 1.82. The van der Waals surface area contributed by atoms with Gasteiger partial charge < -0.3 is 11.1 Å². The van der Waals surface area contributed by atoms with Crippen molar-refractivity contribution in [2.24, 2.45) is 0 Å². The highest BCUT2D eigenvalue weighted by Crippen LogP contribution is 2.20. The summed E-state index contributed by atoms with van der Waals surface area (Å²) >= 11 is 0.